The minimum Gasteiger partial charge on any atom is -0.383 e. The second-order valence-electron chi connectivity index (χ2n) is 5.58. The molecule has 24 heavy (non-hydrogen) atoms. The molecule has 3 rings (SSSR count). The van der Waals surface area contributed by atoms with Crippen molar-refractivity contribution in [3.63, 3.8) is 0 Å². The molecule has 1 amide bonds. The minimum absolute atomic E-state index is 0.0269. The number of amides is 1. The van der Waals surface area contributed by atoms with Gasteiger partial charge in [0.2, 0.25) is 18.6 Å². The van der Waals surface area contributed by atoms with Gasteiger partial charge in [-0.05, 0) is 19.3 Å². The molecule has 2 heterocycles. The second-order valence-corrected chi connectivity index (χ2v) is 5.58. The van der Waals surface area contributed by atoms with Crippen molar-refractivity contribution in [2.45, 2.75) is 19.3 Å². The molecule has 1 radical (unpaired) electrons. The third-order valence-corrected chi connectivity index (χ3v) is 4.02. The zero-order valence-corrected chi connectivity index (χ0v) is 12.8. The summed E-state index contributed by atoms with van der Waals surface area (Å²) in [5, 5.41) is 6.11. The number of carbonyl (C=O) groups is 1. The molecule has 1 aliphatic carbocycles. The predicted octanol–water partition coefficient (Wildman–Crippen LogP) is -0.0349. The van der Waals surface area contributed by atoms with Crippen molar-refractivity contribution >= 4 is 30.1 Å². The first-order valence-electron chi connectivity index (χ1n) is 7.53. The number of aromatic amines is 1. The smallest absolute Gasteiger partial charge is 0.278 e. The average molecular weight is 329 g/mol. The lowest BCUT2D eigenvalue weighted by atomic mass is 9.94. The highest BCUT2D eigenvalue weighted by atomic mass is 16.1. The van der Waals surface area contributed by atoms with Gasteiger partial charge in [-0.3, -0.25) is 24.3 Å². The summed E-state index contributed by atoms with van der Waals surface area (Å²) < 4.78 is 0. The monoisotopic (exact) mass is 329 g/mol. The number of anilines is 3. The first-order chi connectivity index (χ1) is 11.6. The first kappa shape index (κ1) is 15.8. The molecule has 0 saturated heterocycles. The molecule has 9 heteroatoms. The summed E-state index contributed by atoms with van der Waals surface area (Å²) in [6.45, 7) is 0.344. The van der Waals surface area contributed by atoms with Crippen LogP contribution in [0.5, 0.6) is 0 Å². The number of allylic oxidation sites excluding steroid dienone is 2. The quantitative estimate of drug-likeness (QED) is 0.557. The van der Waals surface area contributed by atoms with Crippen molar-refractivity contribution in [3.8, 4) is 0 Å². The van der Waals surface area contributed by atoms with Gasteiger partial charge in [0, 0.05) is 17.8 Å². The lowest BCUT2D eigenvalue weighted by Crippen LogP contribution is -2.36. The number of H-pyrrole nitrogens is 1. The Morgan fingerprint density at radius 3 is 3.04 bits per heavy atom. The Morgan fingerprint density at radius 2 is 2.38 bits per heavy atom. The molecule has 0 saturated carbocycles. The molecule has 125 valence electrons. The molecule has 2 aliphatic rings. The molecule has 9 nitrogen and oxygen atoms in total. The van der Waals surface area contributed by atoms with E-state index in [0.717, 1.165) is 18.5 Å². The van der Waals surface area contributed by atoms with E-state index in [0.29, 0.717) is 25.1 Å². The van der Waals surface area contributed by atoms with Crippen LogP contribution >= 0.6 is 0 Å². The van der Waals surface area contributed by atoms with Crippen LogP contribution in [0, 0.1) is 5.92 Å². The van der Waals surface area contributed by atoms with E-state index < -0.39 is 5.56 Å². The third-order valence-electron chi connectivity index (χ3n) is 4.02. The third kappa shape index (κ3) is 3.00. The van der Waals surface area contributed by atoms with Crippen LogP contribution < -0.4 is 26.8 Å². The molecular weight excluding hydrogens is 312 g/mol. The number of aromatic nitrogens is 2. The average Bonchev–Trinajstić information content (AvgIpc) is 2.59. The summed E-state index contributed by atoms with van der Waals surface area (Å²) in [5.41, 5.74) is 6.68. The van der Waals surface area contributed by atoms with Gasteiger partial charge in [0.1, 0.15) is 0 Å². The normalized spacial score (nSPS) is 19.5. The van der Waals surface area contributed by atoms with E-state index in [1.165, 1.54) is 4.90 Å². The second kappa shape index (κ2) is 6.57. The molecule has 0 aromatic carbocycles. The SMILES string of the molecule is Nc1nc2c(c(=O)[nH]1)N(C=O)C(CNC1=CCC([C]=O)CC1)=CN2. The highest BCUT2D eigenvalue weighted by Crippen LogP contribution is 2.26. The number of nitrogens with one attached hydrogen (secondary N) is 3. The number of fused-ring (bicyclic) bond motifs is 1. The summed E-state index contributed by atoms with van der Waals surface area (Å²) in [6.07, 6.45) is 8.30. The van der Waals surface area contributed by atoms with Crippen molar-refractivity contribution in [1.29, 1.82) is 0 Å². The van der Waals surface area contributed by atoms with Gasteiger partial charge in [0.05, 0.1) is 12.2 Å². The molecule has 1 aromatic rings. The number of nitrogen functional groups attached to an aromatic ring is 1. The van der Waals surface area contributed by atoms with Crippen LogP contribution in [0.4, 0.5) is 17.5 Å². The van der Waals surface area contributed by atoms with Crippen LogP contribution in [-0.2, 0) is 9.59 Å². The minimum atomic E-state index is -0.496. The Bertz CT molecular complexity index is 782. The van der Waals surface area contributed by atoms with E-state index in [1.807, 2.05) is 12.4 Å². The van der Waals surface area contributed by atoms with Crippen LogP contribution in [0.1, 0.15) is 19.3 Å². The van der Waals surface area contributed by atoms with Crippen LogP contribution in [0.15, 0.2) is 28.5 Å². The van der Waals surface area contributed by atoms with Crippen LogP contribution in [0.25, 0.3) is 0 Å². The molecule has 0 bridgehead atoms. The van der Waals surface area contributed by atoms with Crippen molar-refractivity contribution in [2.75, 3.05) is 22.5 Å². The predicted molar refractivity (Wildman–Crippen MR) is 88.6 cm³/mol. The van der Waals surface area contributed by atoms with Crippen LogP contribution in [-0.4, -0.2) is 29.2 Å². The number of carbonyl (C=O) groups excluding carboxylic acids is 2. The van der Waals surface area contributed by atoms with E-state index in [9.17, 15) is 14.4 Å². The maximum atomic E-state index is 12.1. The number of nitrogens with zero attached hydrogens (tertiary/aromatic N) is 2. The van der Waals surface area contributed by atoms with Crippen molar-refractivity contribution in [3.05, 3.63) is 34.0 Å². The number of hydrogen-bond acceptors (Lipinski definition) is 7. The Kier molecular flexibility index (Phi) is 4.32. The molecule has 1 aromatic heterocycles. The van der Waals surface area contributed by atoms with Crippen molar-refractivity contribution in [1.82, 2.24) is 15.3 Å². The number of nitrogens with two attached hydrogens (primary N) is 1. The Morgan fingerprint density at radius 1 is 1.54 bits per heavy atom. The lowest BCUT2D eigenvalue weighted by molar-refractivity contribution is -0.107. The summed E-state index contributed by atoms with van der Waals surface area (Å²) in [5.74, 6) is 0.161. The van der Waals surface area contributed by atoms with Gasteiger partial charge in [0.15, 0.2) is 11.5 Å². The number of rotatable bonds is 5. The molecule has 0 spiro atoms. The molecule has 5 N–H and O–H groups in total. The Labute approximate surface area is 137 Å². The van der Waals surface area contributed by atoms with Gasteiger partial charge < -0.3 is 16.4 Å². The van der Waals surface area contributed by atoms with Crippen molar-refractivity contribution in [2.24, 2.45) is 5.92 Å². The molecule has 1 atom stereocenters. The van der Waals surface area contributed by atoms with Gasteiger partial charge in [-0.2, -0.15) is 4.98 Å². The molecular formula is C15H17N6O3. The Balaban J connectivity index is 1.74. The maximum Gasteiger partial charge on any atom is 0.278 e. The van der Waals surface area contributed by atoms with E-state index in [4.69, 9.17) is 5.73 Å². The fourth-order valence-electron chi connectivity index (χ4n) is 2.74. The molecule has 1 unspecified atom stereocenters. The first-order valence-corrected chi connectivity index (χ1v) is 7.53. The topological polar surface area (TPSA) is 133 Å². The summed E-state index contributed by atoms with van der Waals surface area (Å²) >= 11 is 0. The lowest BCUT2D eigenvalue weighted by Gasteiger charge is -2.27. The fourth-order valence-corrected chi connectivity index (χ4v) is 2.74. The molecule has 0 fully saturated rings. The largest absolute Gasteiger partial charge is 0.383 e. The maximum absolute atomic E-state index is 12.1. The van der Waals surface area contributed by atoms with Gasteiger partial charge >= 0.3 is 0 Å². The van der Waals surface area contributed by atoms with Gasteiger partial charge in [-0.1, -0.05) is 6.08 Å². The van der Waals surface area contributed by atoms with E-state index >= 15 is 0 Å². The van der Waals surface area contributed by atoms with Gasteiger partial charge in [-0.25, -0.2) is 0 Å². The highest BCUT2D eigenvalue weighted by molar-refractivity contribution is 5.87. The fraction of sp³-hybridized carbons (Fsp3) is 0.333. The van der Waals surface area contributed by atoms with Crippen LogP contribution in [0.2, 0.25) is 0 Å². The van der Waals surface area contributed by atoms with Crippen molar-refractivity contribution < 1.29 is 9.59 Å². The standard InChI is InChI=1S/C15H17N6O3/c16-15-19-13-12(14(24)20-15)21(8-23)11(6-18-13)5-17-10-3-1-9(7-22)2-4-10/h3,6,8-9,17H,1-2,4-5H2,(H4,16,18,19,20,24). The summed E-state index contributed by atoms with van der Waals surface area (Å²) in [6, 6.07) is 0. The van der Waals surface area contributed by atoms with E-state index in [1.54, 1.807) is 6.20 Å². The Hall–Kier alpha value is -3.10. The highest BCUT2D eigenvalue weighted by Gasteiger charge is 2.25. The molecule has 1 aliphatic heterocycles. The van der Waals surface area contributed by atoms with Gasteiger partial charge in [0.25, 0.3) is 5.56 Å². The zero-order chi connectivity index (χ0) is 17.1. The van der Waals surface area contributed by atoms with E-state index in [-0.39, 0.29) is 23.4 Å². The zero-order valence-electron chi connectivity index (χ0n) is 12.8. The summed E-state index contributed by atoms with van der Waals surface area (Å²) in [4.78, 5) is 41.7. The summed E-state index contributed by atoms with van der Waals surface area (Å²) in [7, 11) is 0. The van der Waals surface area contributed by atoms with Gasteiger partial charge in [-0.15, -0.1) is 0 Å². The van der Waals surface area contributed by atoms with E-state index in [2.05, 4.69) is 20.6 Å². The van der Waals surface area contributed by atoms with Crippen LogP contribution in [0.3, 0.4) is 0 Å². The number of hydrogen-bond donors (Lipinski definition) is 4.